The number of rotatable bonds is 7. The molecule has 1 atom stereocenters. The van der Waals surface area contributed by atoms with Gasteiger partial charge < -0.3 is 0 Å². The van der Waals surface area contributed by atoms with Crippen LogP contribution < -0.4 is 20.7 Å². The maximum atomic E-state index is 14.3. The number of amides is 1. The molecule has 0 aromatic heterocycles. The first-order chi connectivity index (χ1) is 17.1. The predicted octanol–water partition coefficient (Wildman–Crippen LogP) is 5.64. The number of halogens is 1. The van der Waals surface area contributed by atoms with Crippen LogP contribution in [0.4, 0.5) is 0 Å². The average Bonchev–Trinajstić information content (AvgIpc) is 3.30. The Morgan fingerprint density at radius 3 is 1.80 bits per heavy atom. The second-order valence-corrected chi connectivity index (χ2v) is 17.7. The zero-order valence-corrected chi connectivity index (χ0v) is 22.2. The molecule has 4 aromatic carbocycles. The summed E-state index contributed by atoms with van der Waals surface area (Å²) < 4.78 is 5.41. The zero-order valence-electron chi connectivity index (χ0n) is 19.8. The van der Waals surface area contributed by atoms with Crippen LogP contribution >= 0.6 is 20.8 Å². The van der Waals surface area contributed by atoms with E-state index in [4.69, 9.17) is 4.74 Å². The molecule has 1 saturated heterocycles. The standard InChI is InChI=1S/C30H29BrNO2P/c1-34-25-13-11-12-24(22-25)23-32-21-20-29(30(32)33)35(31,26-14-5-2-6-15-26,27-16-7-3-8-17-27)28-18-9-4-10-19-28/h2-19,22,29H,20-21,23H2,1H3. The number of hydrogen-bond donors (Lipinski definition) is 0. The van der Waals surface area contributed by atoms with Crippen LogP contribution in [-0.4, -0.2) is 30.1 Å². The first-order valence-electron chi connectivity index (χ1n) is 11.9. The zero-order chi connectivity index (χ0) is 24.3. The monoisotopic (exact) mass is 545 g/mol. The fourth-order valence-electron chi connectivity index (χ4n) is 5.47. The summed E-state index contributed by atoms with van der Waals surface area (Å²) in [6.45, 7) is 1.29. The number of nitrogens with zero attached hydrogens (tertiary/aromatic N) is 1. The van der Waals surface area contributed by atoms with Crippen molar-refractivity contribution in [2.45, 2.75) is 18.6 Å². The van der Waals surface area contributed by atoms with E-state index in [1.54, 1.807) is 7.11 Å². The molecule has 1 unspecified atom stereocenters. The number of benzene rings is 4. The molecule has 4 aromatic rings. The molecule has 35 heavy (non-hydrogen) atoms. The van der Waals surface area contributed by atoms with Crippen molar-refractivity contribution in [2.24, 2.45) is 0 Å². The summed E-state index contributed by atoms with van der Waals surface area (Å²) in [6.07, 6.45) is 0.782. The third-order valence-corrected chi connectivity index (χ3v) is 17.9. The number of methoxy groups -OCH3 is 1. The van der Waals surface area contributed by atoms with Gasteiger partial charge in [0.1, 0.15) is 0 Å². The van der Waals surface area contributed by atoms with E-state index in [-0.39, 0.29) is 11.6 Å². The van der Waals surface area contributed by atoms with Crippen molar-refractivity contribution in [2.75, 3.05) is 13.7 Å². The molecule has 0 aliphatic carbocycles. The van der Waals surface area contributed by atoms with E-state index in [2.05, 4.69) is 94.4 Å². The van der Waals surface area contributed by atoms with Gasteiger partial charge in [0, 0.05) is 0 Å². The van der Waals surface area contributed by atoms with Crippen LogP contribution in [0.25, 0.3) is 0 Å². The van der Waals surface area contributed by atoms with E-state index in [9.17, 15) is 4.79 Å². The molecular weight excluding hydrogens is 517 g/mol. The van der Waals surface area contributed by atoms with E-state index in [0.717, 1.165) is 24.3 Å². The normalized spacial score (nSPS) is 17.1. The Bertz CT molecular complexity index is 1210. The van der Waals surface area contributed by atoms with Crippen molar-refractivity contribution in [3.05, 3.63) is 121 Å². The van der Waals surface area contributed by atoms with Crippen LogP contribution in [-0.2, 0) is 11.3 Å². The van der Waals surface area contributed by atoms with Gasteiger partial charge in [-0.3, -0.25) is 0 Å². The number of carbonyl (C=O) groups is 1. The summed E-state index contributed by atoms with van der Waals surface area (Å²) in [5.74, 6) is 1.00. The topological polar surface area (TPSA) is 29.5 Å². The van der Waals surface area contributed by atoms with Crippen molar-refractivity contribution in [3.63, 3.8) is 0 Å². The van der Waals surface area contributed by atoms with Crippen molar-refractivity contribution in [1.29, 1.82) is 0 Å². The van der Waals surface area contributed by atoms with Crippen LogP contribution in [0.15, 0.2) is 115 Å². The van der Waals surface area contributed by atoms with Crippen LogP contribution in [0.5, 0.6) is 5.75 Å². The molecule has 0 saturated carbocycles. The molecule has 3 nitrogen and oxygen atoms in total. The summed E-state index contributed by atoms with van der Waals surface area (Å²) in [4.78, 5) is 16.3. The molecule has 1 aliphatic rings. The molecule has 178 valence electrons. The van der Waals surface area contributed by atoms with E-state index in [1.165, 1.54) is 15.9 Å². The van der Waals surface area contributed by atoms with Crippen LogP contribution in [0.1, 0.15) is 12.0 Å². The first-order valence-corrected chi connectivity index (χ1v) is 16.2. The molecule has 0 N–H and O–H groups in total. The van der Waals surface area contributed by atoms with E-state index < -0.39 is 5.31 Å². The van der Waals surface area contributed by atoms with Gasteiger partial charge in [0.05, 0.1) is 0 Å². The minimum absolute atomic E-state index is 0.193. The third-order valence-electron chi connectivity index (χ3n) is 7.15. The van der Waals surface area contributed by atoms with Gasteiger partial charge in [-0.2, -0.15) is 0 Å². The third kappa shape index (κ3) is 3.90. The van der Waals surface area contributed by atoms with Gasteiger partial charge in [0.2, 0.25) is 0 Å². The second-order valence-electron chi connectivity index (χ2n) is 9.00. The predicted molar refractivity (Wildman–Crippen MR) is 151 cm³/mol. The van der Waals surface area contributed by atoms with Gasteiger partial charge in [-0.1, -0.05) is 0 Å². The molecule has 1 fully saturated rings. The summed E-state index contributed by atoms with van der Waals surface area (Å²) in [7, 11) is 1.67. The van der Waals surface area contributed by atoms with Crippen LogP contribution in [0, 0.1) is 0 Å². The summed E-state index contributed by atoms with van der Waals surface area (Å²) in [5.41, 5.74) is 0.867. The molecule has 1 aliphatic heterocycles. The Balaban J connectivity index is 1.68. The number of likely N-dealkylation sites (tertiary alicyclic amines) is 1. The summed E-state index contributed by atoms with van der Waals surface area (Å²) >= 11 is 4.48. The van der Waals surface area contributed by atoms with Gasteiger partial charge in [-0.05, 0) is 0 Å². The van der Waals surface area contributed by atoms with Crippen molar-refractivity contribution in [1.82, 2.24) is 4.90 Å². The van der Waals surface area contributed by atoms with Crippen LogP contribution in [0.2, 0.25) is 0 Å². The molecule has 1 amide bonds. The van der Waals surface area contributed by atoms with Crippen molar-refractivity contribution >= 4 is 42.6 Å². The second kappa shape index (κ2) is 9.60. The van der Waals surface area contributed by atoms with Crippen molar-refractivity contribution in [3.8, 4) is 5.75 Å². The number of hydrogen-bond acceptors (Lipinski definition) is 2. The number of ether oxygens (including phenoxy) is 1. The molecule has 1 heterocycles. The van der Waals surface area contributed by atoms with Crippen LogP contribution in [0.3, 0.4) is 0 Å². The Kier molecular flexibility index (Phi) is 6.53. The molecule has 5 heteroatoms. The molecule has 0 radical (unpaired) electrons. The fourth-order valence-corrected chi connectivity index (χ4v) is 14.2. The van der Waals surface area contributed by atoms with Gasteiger partial charge in [-0.15, -0.1) is 0 Å². The fraction of sp³-hybridized carbons (Fsp3) is 0.167. The maximum absolute atomic E-state index is 14.3. The molecule has 0 bridgehead atoms. The Labute approximate surface area is 215 Å². The summed E-state index contributed by atoms with van der Waals surface area (Å²) in [5, 5.41) is 0.174. The van der Waals surface area contributed by atoms with E-state index in [0.29, 0.717) is 6.54 Å². The molecule has 5 rings (SSSR count). The Morgan fingerprint density at radius 2 is 1.31 bits per heavy atom. The molecular formula is C30H29BrNO2P. The van der Waals surface area contributed by atoms with E-state index >= 15 is 0 Å². The SMILES string of the molecule is COc1cccc(CN2CCC(P(Br)(c3ccccc3)(c3ccccc3)c3ccccc3)C2=O)c1. The number of carbonyl (C=O) groups excluding carboxylic acids is 1. The minimum atomic E-state index is -3.36. The summed E-state index contributed by atoms with van der Waals surface area (Å²) in [6, 6.07) is 39.7. The van der Waals surface area contributed by atoms with Crippen molar-refractivity contribution < 1.29 is 9.53 Å². The Morgan fingerprint density at radius 1 is 0.800 bits per heavy atom. The molecule has 0 spiro atoms. The van der Waals surface area contributed by atoms with Gasteiger partial charge >= 0.3 is 216 Å². The quantitative estimate of drug-likeness (QED) is 0.281. The van der Waals surface area contributed by atoms with Gasteiger partial charge in [0.15, 0.2) is 0 Å². The Hall–Kier alpha value is -2.94. The van der Waals surface area contributed by atoms with E-state index in [1.807, 2.05) is 41.3 Å². The van der Waals surface area contributed by atoms with Gasteiger partial charge in [-0.25, -0.2) is 0 Å². The first kappa shape index (κ1) is 23.8. The van der Waals surface area contributed by atoms with Gasteiger partial charge in [0.25, 0.3) is 0 Å². The average molecular weight is 546 g/mol.